The minimum Gasteiger partial charge on any atom is -0.497 e. The highest BCUT2D eigenvalue weighted by atomic mass is 32.1. The summed E-state index contributed by atoms with van der Waals surface area (Å²) in [5, 5.41) is 5.05. The van der Waals surface area contributed by atoms with Gasteiger partial charge in [-0.15, -0.1) is 0 Å². The Hall–Kier alpha value is -2.12. The van der Waals surface area contributed by atoms with Crippen molar-refractivity contribution in [2.45, 2.75) is 39.3 Å². The van der Waals surface area contributed by atoms with Gasteiger partial charge in [0, 0.05) is 24.2 Å². The van der Waals surface area contributed by atoms with E-state index in [2.05, 4.69) is 48.0 Å². The van der Waals surface area contributed by atoms with Crippen molar-refractivity contribution in [2.24, 2.45) is 0 Å². The highest BCUT2D eigenvalue weighted by Crippen LogP contribution is 2.19. The molecule has 1 aromatic heterocycles. The molecule has 1 heterocycles. The molecule has 0 fully saturated rings. The third kappa shape index (κ3) is 6.21. The van der Waals surface area contributed by atoms with E-state index in [0.29, 0.717) is 23.3 Å². The average Bonchev–Trinajstić information content (AvgIpc) is 2.66. The lowest BCUT2D eigenvalue weighted by Crippen LogP contribution is -2.44. The molecule has 2 aromatic rings. The van der Waals surface area contributed by atoms with E-state index < -0.39 is 0 Å². The van der Waals surface area contributed by atoms with E-state index in [0.717, 1.165) is 42.6 Å². The molecule has 0 amide bonds. The molecular formula is C21H32N4O2S. The lowest BCUT2D eigenvalue weighted by atomic mass is 10.1. The molecule has 0 bridgehead atoms. The third-order valence-corrected chi connectivity index (χ3v) is 5.17. The minimum atomic E-state index is -0.0929. The second kappa shape index (κ2) is 10.4. The van der Waals surface area contributed by atoms with Crippen LogP contribution in [0.25, 0.3) is 10.9 Å². The predicted molar refractivity (Wildman–Crippen MR) is 120 cm³/mol. The predicted octanol–water partition coefficient (Wildman–Crippen LogP) is 2.96. The molecule has 0 saturated carbocycles. The van der Waals surface area contributed by atoms with Gasteiger partial charge in [0.05, 0.1) is 19.2 Å². The monoisotopic (exact) mass is 404 g/mol. The van der Waals surface area contributed by atoms with Crippen LogP contribution in [0.4, 0.5) is 0 Å². The second-order valence-corrected chi connectivity index (χ2v) is 7.80. The molecule has 6 nitrogen and oxygen atoms in total. The summed E-state index contributed by atoms with van der Waals surface area (Å²) < 4.78 is 5.24. The topological polar surface area (TPSA) is 60.6 Å². The third-order valence-electron chi connectivity index (χ3n) is 4.79. The van der Waals surface area contributed by atoms with Crippen molar-refractivity contribution in [2.75, 3.05) is 34.3 Å². The molecule has 0 unspecified atom stereocenters. The van der Waals surface area contributed by atoms with E-state index in [4.69, 9.17) is 17.0 Å². The summed E-state index contributed by atoms with van der Waals surface area (Å²) in [4.78, 5) is 19.9. The molecule has 0 aliphatic rings. The molecule has 1 atom stereocenters. The quantitative estimate of drug-likeness (QED) is 0.627. The van der Waals surface area contributed by atoms with Gasteiger partial charge in [-0.25, -0.2) is 0 Å². The highest BCUT2D eigenvalue weighted by Gasteiger charge is 2.15. The van der Waals surface area contributed by atoms with Crippen LogP contribution in [0.2, 0.25) is 0 Å². The van der Waals surface area contributed by atoms with E-state index >= 15 is 0 Å². The van der Waals surface area contributed by atoms with Crippen molar-refractivity contribution < 1.29 is 4.74 Å². The average molecular weight is 405 g/mol. The maximum Gasteiger partial charge on any atom is 0.253 e. The molecule has 154 valence electrons. The molecule has 0 aliphatic carbocycles. The van der Waals surface area contributed by atoms with Crippen LogP contribution in [0.5, 0.6) is 5.75 Å². The number of thiocarbonyl (C=S) groups is 1. The summed E-state index contributed by atoms with van der Waals surface area (Å²) in [5.74, 6) is 0.722. The highest BCUT2D eigenvalue weighted by molar-refractivity contribution is 7.80. The molecule has 0 radical (unpaired) electrons. The molecule has 0 saturated heterocycles. The summed E-state index contributed by atoms with van der Waals surface area (Å²) in [6.07, 6.45) is 1.96. The lowest BCUT2D eigenvalue weighted by molar-refractivity contribution is 0.338. The van der Waals surface area contributed by atoms with Crippen LogP contribution in [0.1, 0.15) is 32.3 Å². The van der Waals surface area contributed by atoms with E-state index in [1.807, 2.05) is 24.3 Å². The molecule has 0 spiro atoms. The number of aromatic nitrogens is 1. The number of fused-ring (bicyclic) bond motifs is 1. The van der Waals surface area contributed by atoms with Gasteiger partial charge >= 0.3 is 0 Å². The zero-order chi connectivity index (χ0) is 20.7. The Morgan fingerprint density at radius 3 is 2.68 bits per heavy atom. The Morgan fingerprint density at radius 2 is 2.04 bits per heavy atom. The van der Waals surface area contributed by atoms with Crippen molar-refractivity contribution in [1.82, 2.24) is 20.1 Å². The van der Waals surface area contributed by atoms with Crippen molar-refractivity contribution in [1.29, 1.82) is 0 Å². The van der Waals surface area contributed by atoms with Gasteiger partial charge in [-0.1, -0.05) is 6.92 Å². The number of nitrogens with one attached hydrogen (secondary N) is 2. The zero-order valence-electron chi connectivity index (χ0n) is 17.5. The number of aromatic amines is 1. The molecule has 2 rings (SSSR count). The molecule has 1 aromatic carbocycles. The number of methoxy groups -OCH3 is 1. The van der Waals surface area contributed by atoms with Crippen molar-refractivity contribution in [3.05, 3.63) is 40.2 Å². The fraction of sp³-hybridized carbons (Fsp3) is 0.524. The Balaban J connectivity index is 2.24. The number of hydrogen-bond donors (Lipinski definition) is 2. The normalized spacial score (nSPS) is 12.2. The van der Waals surface area contributed by atoms with Gasteiger partial charge < -0.3 is 24.8 Å². The van der Waals surface area contributed by atoms with Gasteiger partial charge in [-0.2, -0.15) is 0 Å². The molecule has 7 heteroatoms. The van der Waals surface area contributed by atoms with E-state index in [1.54, 1.807) is 7.11 Å². The van der Waals surface area contributed by atoms with Crippen molar-refractivity contribution in [3.8, 4) is 5.75 Å². The van der Waals surface area contributed by atoms with Crippen LogP contribution in [0, 0.1) is 0 Å². The molecule has 0 aliphatic heterocycles. The van der Waals surface area contributed by atoms with Gasteiger partial charge in [0.1, 0.15) is 5.75 Å². The first-order chi connectivity index (χ1) is 13.3. The Labute approximate surface area is 172 Å². The number of H-pyrrole nitrogens is 1. The SMILES string of the molecule is CC[C@H](C)NC(=S)N(CCCN(C)C)Cc1cc2ccc(OC)cc2[nH]c1=O. The van der Waals surface area contributed by atoms with Crippen LogP contribution in [0.15, 0.2) is 29.1 Å². The van der Waals surface area contributed by atoms with Crippen LogP contribution in [0.3, 0.4) is 0 Å². The molecule has 2 N–H and O–H groups in total. The fourth-order valence-electron chi connectivity index (χ4n) is 2.91. The maximum atomic E-state index is 12.7. The first kappa shape index (κ1) is 22.2. The summed E-state index contributed by atoms with van der Waals surface area (Å²) in [5.41, 5.74) is 1.38. The largest absolute Gasteiger partial charge is 0.497 e. The van der Waals surface area contributed by atoms with Crippen LogP contribution in [-0.2, 0) is 6.54 Å². The lowest BCUT2D eigenvalue weighted by Gasteiger charge is -2.28. The Bertz CT molecular complexity index is 850. The Kier molecular flexibility index (Phi) is 8.26. The van der Waals surface area contributed by atoms with E-state index in [9.17, 15) is 4.79 Å². The van der Waals surface area contributed by atoms with Crippen LogP contribution >= 0.6 is 12.2 Å². The van der Waals surface area contributed by atoms with Gasteiger partial charge in [0.2, 0.25) is 0 Å². The smallest absolute Gasteiger partial charge is 0.253 e. The first-order valence-corrected chi connectivity index (χ1v) is 10.1. The number of benzene rings is 1. The van der Waals surface area contributed by atoms with Crippen molar-refractivity contribution >= 4 is 28.2 Å². The van der Waals surface area contributed by atoms with E-state index in [1.165, 1.54) is 0 Å². The zero-order valence-corrected chi connectivity index (χ0v) is 18.4. The number of nitrogens with zero attached hydrogens (tertiary/aromatic N) is 2. The van der Waals surface area contributed by atoms with Crippen LogP contribution in [-0.4, -0.2) is 60.2 Å². The summed E-state index contributed by atoms with van der Waals surface area (Å²) in [6.45, 7) is 6.48. The first-order valence-electron chi connectivity index (χ1n) is 9.74. The number of ether oxygens (including phenoxy) is 1. The molecule has 28 heavy (non-hydrogen) atoms. The van der Waals surface area contributed by atoms with Crippen molar-refractivity contribution in [3.63, 3.8) is 0 Å². The standard InChI is InChI=1S/C21H32N4O2S/c1-6-15(2)22-21(28)25(11-7-10-24(3)4)14-17-12-16-8-9-18(27-5)13-19(16)23-20(17)26/h8-9,12-13,15H,6-7,10-11,14H2,1-5H3,(H,22,28)(H,23,26)/t15-/m0/s1. The van der Waals surface area contributed by atoms with Gasteiger partial charge in [0.15, 0.2) is 5.11 Å². The van der Waals surface area contributed by atoms with Gasteiger partial charge in [-0.05, 0) is 76.2 Å². The minimum absolute atomic E-state index is 0.0929. The molecular weight excluding hydrogens is 372 g/mol. The number of hydrogen-bond acceptors (Lipinski definition) is 4. The second-order valence-electron chi connectivity index (χ2n) is 7.41. The summed E-state index contributed by atoms with van der Waals surface area (Å²) >= 11 is 5.64. The Morgan fingerprint density at radius 1 is 1.29 bits per heavy atom. The van der Waals surface area contributed by atoms with E-state index in [-0.39, 0.29) is 5.56 Å². The van der Waals surface area contributed by atoms with Gasteiger partial charge in [-0.3, -0.25) is 4.79 Å². The summed E-state index contributed by atoms with van der Waals surface area (Å²) in [7, 11) is 5.73. The number of rotatable bonds is 9. The summed E-state index contributed by atoms with van der Waals surface area (Å²) in [6, 6.07) is 7.93. The van der Waals surface area contributed by atoms with Crippen LogP contribution < -0.4 is 15.6 Å². The number of pyridine rings is 1. The fourth-order valence-corrected chi connectivity index (χ4v) is 3.27. The maximum absolute atomic E-state index is 12.7. The van der Waals surface area contributed by atoms with Gasteiger partial charge in [0.25, 0.3) is 5.56 Å².